The highest BCUT2D eigenvalue weighted by molar-refractivity contribution is 5.79. The fourth-order valence-corrected chi connectivity index (χ4v) is 2.63. The number of benzene rings is 1. The predicted molar refractivity (Wildman–Crippen MR) is 100 cm³/mol. The number of aliphatic hydroxyl groups is 1. The summed E-state index contributed by atoms with van der Waals surface area (Å²) in [6.45, 7) is 2.16. The van der Waals surface area contributed by atoms with E-state index < -0.39 is 12.7 Å². The lowest BCUT2D eigenvalue weighted by atomic mass is 10.1. The van der Waals surface area contributed by atoms with Crippen molar-refractivity contribution in [1.29, 1.82) is 0 Å². The molecule has 0 bridgehead atoms. The van der Waals surface area contributed by atoms with E-state index in [1.54, 1.807) is 12.1 Å². The molecule has 1 aliphatic heterocycles. The molecule has 0 amide bonds. The standard InChI is InChI=1S/C19H27F2N3O3/c1-2-22-19(23-10-7-14-8-11-26-12-9-14)24-13-17(25)15-3-5-16(6-4-15)27-18(20)21/h3-6,8,17-18,25H,2,7,9-13H2,1H3,(H2,22,23,24). The second-order valence-corrected chi connectivity index (χ2v) is 6.05. The molecule has 0 fully saturated rings. The molecular formula is C19H27F2N3O3. The summed E-state index contributed by atoms with van der Waals surface area (Å²) in [4.78, 5) is 4.39. The second-order valence-electron chi connectivity index (χ2n) is 6.05. The summed E-state index contributed by atoms with van der Waals surface area (Å²) in [5.74, 6) is 0.684. The number of aliphatic imine (C=N–C) groups is 1. The van der Waals surface area contributed by atoms with E-state index in [4.69, 9.17) is 4.74 Å². The van der Waals surface area contributed by atoms with Gasteiger partial charge in [0.2, 0.25) is 0 Å². The molecule has 0 aliphatic carbocycles. The lowest BCUT2D eigenvalue weighted by Crippen LogP contribution is -2.38. The van der Waals surface area contributed by atoms with E-state index in [2.05, 4.69) is 26.4 Å². The predicted octanol–water partition coefficient (Wildman–Crippen LogP) is 2.61. The van der Waals surface area contributed by atoms with Crippen LogP contribution in [0.4, 0.5) is 8.78 Å². The summed E-state index contributed by atoms with van der Waals surface area (Å²) in [6.07, 6.45) is 3.15. The molecule has 1 heterocycles. The van der Waals surface area contributed by atoms with Crippen LogP contribution < -0.4 is 15.4 Å². The van der Waals surface area contributed by atoms with Crippen molar-refractivity contribution in [2.75, 3.05) is 32.8 Å². The number of hydrogen-bond acceptors (Lipinski definition) is 4. The lowest BCUT2D eigenvalue weighted by Gasteiger charge is -2.16. The van der Waals surface area contributed by atoms with Gasteiger partial charge in [0.25, 0.3) is 0 Å². The van der Waals surface area contributed by atoms with Crippen LogP contribution in [0.2, 0.25) is 0 Å². The van der Waals surface area contributed by atoms with E-state index in [0.29, 0.717) is 24.7 Å². The van der Waals surface area contributed by atoms with E-state index in [0.717, 1.165) is 26.0 Å². The van der Waals surface area contributed by atoms with Gasteiger partial charge in [0, 0.05) is 13.1 Å². The average Bonchev–Trinajstić information content (AvgIpc) is 2.67. The van der Waals surface area contributed by atoms with Gasteiger partial charge in [-0.25, -0.2) is 0 Å². The molecule has 3 N–H and O–H groups in total. The Morgan fingerprint density at radius 3 is 2.70 bits per heavy atom. The molecule has 1 atom stereocenters. The van der Waals surface area contributed by atoms with Gasteiger partial charge >= 0.3 is 6.61 Å². The van der Waals surface area contributed by atoms with Crippen molar-refractivity contribution in [2.24, 2.45) is 4.99 Å². The van der Waals surface area contributed by atoms with Crippen LogP contribution in [0.15, 0.2) is 40.9 Å². The molecule has 1 aromatic carbocycles. The molecule has 8 heteroatoms. The number of guanidine groups is 1. The van der Waals surface area contributed by atoms with Crippen LogP contribution in [0, 0.1) is 0 Å². The summed E-state index contributed by atoms with van der Waals surface area (Å²) < 4.78 is 33.9. The number of halogens is 2. The molecule has 1 aliphatic rings. The van der Waals surface area contributed by atoms with Gasteiger partial charge in [-0.2, -0.15) is 8.78 Å². The molecule has 6 nitrogen and oxygen atoms in total. The minimum atomic E-state index is -2.86. The molecular weight excluding hydrogens is 356 g/mol. The highest BCUT2D eigenvalue weighted by Gasteiger charge is 2.10. The van der Waals surface area contributed by atoms with Gasteiger partial charge < -0.3 is 25.2 Å². The zero-order valence-electron chi connectivity index (χ0n) is 15.5. The second kappa shape index (κ2) is 11.5. The first kappa shape index (κ1) is 21.1. The van der Waals surface area contributed by atoms with E-state index in [1.807, 2.05) is 6.92 Å². The monoisotopic (exact) mass is 383 g/mol. The van der Waals surface area contributed by atoms with Crippen molar-refractivity contribution >= 4 is 5.96 Å². The van der Waals surface area contributed by atoms with E-state index in [1.165, 1.54) is 17.7 Å². The number of aliphatic hydroxyl groups excluding tert-OH is 1. The minimum absolute atomic E-state index is 0.0573. The quantitative estimate of drug-likeness (QED) is 0.347. The first-order valence-electron chi connectivity index (χ1n) is 9.09. The Morgan fingerprint density at radius 1 is 1.30 bits per heavy atom. The number of nitrogens with one attached hydrogen (secondary N) is 2. The van der Waals surface area contributed by atoms with Crippen LogP contribution in [-0.4, -0.2) is 50.5 Å². The topological polar surface area (TPSA) is 75.1 Å². The summed E-state index contributed by atoms with van der Waals surface area (Å²) in [5.41, 5.74) is 1.96. The number of hydrogen-bond donors (Lipinski definition) is 3. The summed E-state index contributed by atoms with van der Waals surface area (Å²) in [5, 5.41) is 16.7. The normalized spacial score (nSPS) is 16.0. The first-order valence-corrected chi connectivity index (χ1v) is 9.09. The summed E-state index contributed by atoms with van der Waals surface area (Å²) >= 11 is 0. The maximum Gasteiger partial charge on any atom is 0.387 e. The van der Waals surface area contributed by atoms with Gasteiger partial charge in [-0.1, -0.05) is 23.8 Å². The van der Waals surface area contributed by atoms with Crippen LogP contribution in [0.25, 0.3) is 0 Å². The van der Waals surface area contributed by atoms with E-state index in [-0.39, 0.29) is 12.3 Å². The number of rotatable bonds is 9. The smallest absolute Gasteiger partial charge is 0.387 e. The Morgan fingerprint density at radius 2 is 2.07 bits per heavy atom. The van der Waals surface area contributed by atoms with Crippen LogP contribution in [-0.2, 0) is 4.74 Å². The molecule has 2 rings (SSSR count). The Kier molecular flexibility index (Phi) is 9.00. The molecule has 150 valence electrons. The van der Waals surface area contributed by atoms with Crippen LogP contribution in [0.1, 0.15) is 31.4 Å². The maximum absolute atomic E-state index is 12.2. The third-order valence-electron chi connectivity index (χ3n) is 4.05. The maximum atomic E-state index is 12.2. The van der Waals surface area contributed by atoms with Gasteiger partial charge in [0.1, 0.15) is 5.75 Å². The Hall–Kier alpha value is -2.19. The van der Waals surface area contributed by atoms with Crippen LogP contribution in [0.5, 0.6) is 5.75 Å². The molecule has 0 saturated heterocycles. The van der Waals surface area contributed by atoms with Gasteiger partial charge in [-0.05, 0) is 37.5 Å². The van der Waals surface area contributed by atoms with Crippen molar-refractivity contribution in [3.05, 3.63) is 41.5 Å². The van der Waals surface area contributed by atoms with E-state index in [9.17, 15) is 13.9 Å². The Balaban J connectivity index is 1.83. The molecule has 0 spiro atoms. The molecule has 0 radical (unpaired) electrons. The van der Waals surface area contributed by atoms with Gasteiger partial charge in [0.15, 0.2) is 5.96 Å². The number of alkyl halides is 2. The first-order chi connectivity index (χ1) is 13.1. The summed E-state index contributed by atoms with van der Waals surface area (Å²) in [7, 11) is 0. The van der Waals surface area contributed by atoms with Crippen molar-refractivity contribution in [1.82, 2.24) is 10.6 Å². The highest BCUT2D eigenvalue weighted by atomic mass is 19.3. The lowest BCUT2D eigenvalue weighted by molar-refractivity contribution is -0.0498. The fourth-order valence-electron chi connectivity index (χ4n) is 2.63. The number of nitrogens with zero attached hydrogens (tertiary/aromatic N) is 1. The third-order valence-corrected chi connectivity index (χ3v) is 4.05. The summed E-state index contributed by atoms with van der Waals surface area (Å²) in [6, 6.07) is 5.91. The SMILES string of the molecule is CCNC(=NCC(O)c1ccc(OC(F)F)cc1)NCCC1=CCOCC1. The molecule has 1 aromatic rings. The zero-order valence-corrected chi connectivity index (χ0v) is 15.5. The Labute approximate surface area is 158 Å². The van der Waals surface area contributed by atoms with Crippen molar-refractivity contribution in [3.63, 3.8) is 0 Å². The molecule has 27 heavy (non-hydrogen) atoms. The average molecular weight is 383 g/mol. The van der Waals surface area contributed by atoms with Crippen molar-refractivity contribution in [3.8, 4) is 5.75 Å². The van der Waals surface area contributed by atoms with Crippen LogP contribution in [0.3, 0.4) is 0 Å². The van der Waals surface area contributed by atoms with Crippen molar-refractivity contribution < 1.29 is 23.4 Å². The Bertz CT molecular complexity index is 621. The van der Waals surface area contributed by atoms with Gasteiger partial charge in [-0.15, -0.1) is 0 Å². The molecule has 0 aromatic heterocycles. The third kappa shape index (κ3) is 7.92. The van der Waals surface area contributed by atoms with Crippen molar-refractivity contribution in [2.45, 2.75) is 32.5 Å². The zero-order chi connectivity index (χ0) is 19.5. The van der Waals surface area contributed by atoms with Crippen LogP contribution >= 0.6 is 0 Å². The van der Waals surface area contributed by atoms with E-state index >= 15 is 0 Å². The fraction of sp³-hybridized carbons (Fsp3) is 0.526. The number of ether oxygens (including phenoxy) is 2. The highest BCUT2D eigenvalue weighted by Crippen LogP contribution is 2.19. The van der Waals surface area contributed by atoms with Gasteiger partial charge in [-0.3, -0.25) is 4.99 Å². The molecule has 0 saturated carbocycles. The molecule has 1 unspecified atom stereocenters. The largest absolute Gasteiger partial charge is 0.435 e. The van der Waals surface area contributed by atoms with Gasteiger partial charge in [0.05, 0.1) is 25.9 Å². The minimum Gasteiger partial charge on any atom is -0.435 e.